The van der Waals surface area contributed by atoms with Crippen molar-refractivity contribution in [2.24, 2.45) is 0 Å². The van der Waals surface area contributed by atoms with Crippen LogP contribution >= 0.6 is 15.9 Å². The molecule has 110 valence electrons. The third-order valence-corrected chi connectivity index (χ3v) is 4.50. The maximum Gasteiger partial charge on any atom is 0.162 e. The summed E-state index contributed by atoms with van der Waals surface area (Å²) in [5.41, 5.74) is 3.18. The van der Waals surface area contributed by atoms with Gasteiger partial charge in [0.25, 0.3) is 0 Å². The van der Waals surface area contributed by atoms with E-state index in [-0.39, 0.29) is 5.82 Å². The Kier molecular flexibility index (Phi) is 4.19. The molecule has 0 fully saturated rings. The first kappa shape index (κ1) is 14.4. The summed E-state index contributed by atoms with van der Waals surface area (Å²) in [4.78, 5) is 9.37. The maximum absolute atomic E-state index is 13.3. The van der Waals surface area contributed by atoms with Crippen LogP contribution in [0.25, 0.3) is 11.4 Å². The number of fused-ring (bicyclic) bond motifs is 1. The summed E-state index contributed by atoms with van der Waals surface area (Å²) < 4.78 is 13.9. The van der Waals surface area contributed by atoms with Gasteiger partial charge in [0.05, 0.1) is 0 Å². The van der Waals surface area contributed by atoms with Crippen LogP contribution < -0.4 is 5.32 Å². The Morgan fingerprint density at radius 1 is 1.14 bits per heavy atom. The molecule has 0 unspecified atom stereocenters. The molecule has 1 N–H and O–H groups in total. The molecule has 0 bridgehead atoms. The van der Waals surface area contributed by atoms with E-state index < -0.39 is 0 Å². The van der Waals surface area contributed by atoms with Gasteiger partial charge in [-0.1, -0.05) is 6.42 Å². The number of nitrogens with one attached hydrogen (secondary N) is 1. The smallest absolute Gasteiger partial charge is 0.162 e. The van der Waals surface area contributed by atoms with Crippen molar-refractivity contribution in [1.29, 1.82) is 0 Å². The molecule has 0 saturated carbocycles. The fourth-order valence-corrected chi connectivity index (χ4v) is 3.30. The largest absolute Gasteiger partial charge is 0.373 e. The van der Waals surface area contributed by atoms with Crippen LogP contribution in [0, 0.1) is 5.82 Å². The van der Waals surface area contributed by atoms with Crippen LogP contribution in [-0.4, -0.2) is 17.0 Å². The molecule has 0 amide bonds. The lowest BCUT2D eigenvalue weighted by molar-refractivity contribution is 0.627. The average molecular weight is 350 g/mol. The molecule has 1 aliphatic rings. The van der Waals surface area contributed by atoms with Crippen molar-refractivity contribution in [3.63, 3.8) is 0 Å². The summed E-state index contributed by atoms with van der Waals surface area (Å²) >= 11 is 3.40. The molecule has 1 aromatic heterocycles. The minimum absolute atomic E-state index is 0.269. The molecule has 2 aromatic rings. The Balaban J connectivity index is 2.13. The van der Waals surface area contributed by atoms with Crippen LogP contribution in [0.15, 0.2) is 22.7 Å². The lowest BCUT2D eigenvalue weighted by Crippen LogP contribution is -2.07. The molecule has 3 rings (SSSR count). The zero-order chi connectivity index (χ0) is 14.8. The second-order valence-corrected chi connectivity index (χ2v) is 6.11. The van der Waals surface area contributed by atoms with Crippen molar-refractivity contribution in [2.45, 2.75) is 32.1 Å². The van der Waals surface area contributed by atoms with Gasteiger partial charge in [-0.25, -0.2) is 14.4 Å². The molecular formula is C16H17BrFN3. The Hall–Kier alpha value is -1.49. The first-order valence-electron chi connectivity index (χ1n) is 7.22. The first-order chi connectivity index (χ1) is 10.2. The van der Waals surface area contributed by atoms with Gasteiger partial charge in [-0.2, -0.15) is 0 Å². The Bertz CT molecular complexity index is 673. The highest BCUT2D eigenvalue weighted by Crippen LogP contribution is 2.31. The van der Waals surface area contributed by atoms with Gasteiger partial charge in [0, 0.05) is 28.3 Å². The van der Waals surface area contributed by atoms with E-state index in [1.807, 2.05) is 7.05 Å². The van der Waals surface area contributed by atoms with Crippen molar-refractivity contribution >= 4 is 21.7 Å². The van der Waals surface area contributed by atoms with Gasteiger partial charge < -0.3 is 5.32 Å². The van der Waals surface area contributed by atoms with E-state index in [4.69, 9.17) is 4.98 Å². The van der Waals surface area contributed by atoms with Crippen molar-refractivity contribution < 1.29 is 4.39 Å². The van der Waals surface area contributed by atoms with Gasteiger partial charge in [0.15, 0.2) is 5.82 Å². The van der Waals surface area contributed by atoms with Crippen LogP contribution in [0.5, 0.6) is 0 Å². The van der Waals surface area contributed by atoms with E-state index >= 15 is 0 Å². The Morgan fingerprint density at radius 3 is 2.71 bits per heavy atom. The maximum atomic E-state index is 13.3. The predicted molar refractivity (Wildman–Crippen MR) is 85.9 cm³/mol. The van der Waals surface area contributed by atoms with E-state index in [0.29, 0.717) is 10.3 Å². The van der Waals surface area contributed by atoms with Gasteiger partial charge in [0.1, 0.15) is 11.6 Å². The standard InChI is InChI=1S/C16H17BrFN3/c1-19-15-12-5-3-2-4-6-14(12)20-16(21-15)11-8-7-10(18)9-13(11)17/h7-9H,2-6H2,1H3,(H,19,20,21). The molecule has 0 spiro atoms. The fraction of sp³-hybridized carbons (Fsp3) is 0.375. The fourth-order valence-electron chi connectivity index (χ4n) is 2.77. The number of aryl methyl sites for hydroxylation is 1. The third kappa shape index (κ3) is 2.93. The van der Waals surface area contributed by atoms with E-state index in [0.717, 1.165) is 36.3 Å². The van der Waals surface area contributed by atoms with Gasteiger partial charge in [-0.05, 0) is 59.8 Å². The summed E-state index contributed by atoms with van der Waals surface area (Å²) in [6.07, 6.45) is 5.59. The summed E-state index contributed by atoms with van der Waals surface area (Å²) in [5.74, 6) is 1.27. The van der Waals surface area contributed by atoms with Gasteiger partial charge in [-0.15, -0.1) is 0 Å². The van der Waals surface area contributed by atoms with Crippen LogP contribution in [0.2, 0.25) is 0 Å². The highest BCUT2D eigenvalue weighted by atomic mass is 79.9. The number of hydrogen-bond acceptors (Lipinski definition) is 3. The average Bonchev–Trinajstić information content (AvgIpc) is 2.71. The van der Waals surface area contributed by atoms with Crippen molar-refractivity contribution in [3.8, 4) is 11.4 Å². The molecule has 0 atom stereocenters. The molecule has 21 heavy (non-hydrogen) atoms. The molecule has 3 nitrogen and oxygen atoms in total. The number of nitrogens with zero attached hydrogens (tertiary/aromatic N) is 2. The zero-order valence-corrected chi connectivity index (χ0v) is 13.5. The minimum Gasteiger partial charge on any atom is -0.373 e. The van der Waals surface area contributed by atoms with E-state index in [1.165, 1.54) is 30.5 Å². The van der Waals surface area contributed by atoms with Crippen LogP contribution in [-0.2, 0) is 12.8 Å². The molecular weight excluding hydrogens is 333 g/mol. The highest BCUT2D eigenvalue weighted by Gasteiger charge is 2.18. The number of aromatic nitrogens is 2. The first-order valence-corrected chi connectivity index (χ1v) is 8.01. The summed E-state index contributed by atoms with van der Waals surface area (Å²) in [5, 5.41) is 3.18. The van der Waals surface area contributed by atoms with Crippen molar-refractivity contribution in [1.82, 2.24) is 9.97 Å². The number of benzene rings is 1. The third-order valence-electron chi connectivity index (χ3n) is 3.84. The predicted octanol–water partition coefficient (Wildman–Crippen LogP) is 4.36. The van der Waals surface area contributed by atoms with Crippen LogP contribution in [0.1, 0.15) is 30.5 Å². The molecule has 1 heterocycles. The van der Waals surface area contributed by atoms with Crippen LogP contribution in [0.4, 0.5) is 10.2 Å². The van der Waals surface area contributed by atoms with Gasteiger partial charge in [0.2, 0.25) is 0 Å². The summed E-state index contributed by atoms with van der Waals surface area (Å²) in [7, 11) is 1.89. The normalized spacial score (nSPS) is 14.4. The van der Waals surface area contributed by atoms with Crippen LogP contribution in [0.3, 0.4) is 0 Å². The molecule has 0 aliphatic heterocycles. The lowest BCUT2D eigenvalue weighted by Gasteiger charge is -2.13. The monoisotopic (exact) mass is 349 g/mol. The van der Waals surface area contributed by atoms with Gasteiger partial charge in [-0.3, -0.25) is 0 Å². The summed E-state index contributed by atoms with van der Waals surface area (Å²) in [6, 6.07) is 4.61. The second kappa shape index (κ2) is 6.10. The van der Waals surface area contributed by atoms with Crippen molar-refractivity contribution in [3.05, 3.63) is 39.7 Å². The van der Waals surface area contributed by atoms with Gasteiger partial charge >= 0.3 is 0 Å². The molecule has 1 aliphatic carbocycles. The Labute approximate surface area is 132 Å². The molecule has 5 heteroatoms. The molecule has 0 radical (unpaired) electrons. The number of halogens is 2. The number of rotatable bonds is 2. The lowest BCUT2D eigenvalue weighted by atomic mass is 10.1. The Morgan fingerprint density at radius 2 is 1.95 bits per heavy atom. The van der Waals surface area contributed by atoms with Crippen molar-refractivity contribution in [2.75, 3.05) is 12.4 Å². The second-order valence-electron chi connectivity index (χ2n) is 5.26. The molecule has 1 aromatic carbocycles. The summed E-state index contributed by atoms with van der Waals surface area (Å²) in [6.45, 7) is 0. The SMILES string of the molecule is CNc1nc(-c2ccc(F)cc2Br)nc2c1CCCCC2. The topological polar surface area (TPSA) is 37.8 Å². The minimum atomic E-state index is -0.269. The quantitative estimate of drug-likeness (QED) is 0.818. The zero-order valence-electron chi connectivity index (χ0n) is 11.9. The molecule has 0 saturated heterocycles. The van der Waals surface area contributed by atoms with E-state index in [2.05, 4.69) is 26.2 Å². The highest BCUT2D eigenvalue weighted by molar-refractivity contribution is 9.10. The van der Waals surface area contributed by atoms with E-state index in [1.54, 1.807) is 6.07 Å². The number of anilines is 1. The number of hydrogen-bond donors (Lipinski definition) is 1. The van der Waals surface area contributed by atoms with E-state index in [9.17, 15) is 4.39 Å².